The molecule has 0 aliphatic heterocycles. The van der Waals surface area contributed by atoms with E-state index in [0.717, 1.165) is 18.1 Å². The first kappa shape index (κ1) is 15.5. The minimum Gasteiger partial charge on any atom is -0.303 e. The van der Waals surface area contributed by atoms with Gasteiger partial charge in [-0.15, -0.1) is 0 Å². The molecule has 0 spiro atoms. The van der Waals surface area contributed by atoms with Gasteiger partial charge in [0.15, 0.2) is 0 Å². The number of carbonyl (C=O) groups is 1. The normalized spacial score (nSPS) is 35.3. The van der Waals surface area contributed by atoms with Gasteiger partial charge in [0.05, 0.1) is 0 Å². The molecule has 0 saturated heterocycles. The van der Waals surface area contributed by atoms with Gasteiger partial charge in [0.25, 0.3) is 0 Å². The molecule has 1 aliphatic rings. The van der Waals surface area contributed by atoms with Crippen molar-refractivity contribution in [2.75, 3.05) is 0 Å². The van der Waals surface area contributed by atoms with Crippen molar-refractivity contribution >= 4 is 6.29 Å². The fourth-order valence-electron chi connectivity index (χ4n) is 3.24. The molecule has 0 radical (unpaired) electrons. The maximum Gasteiger partial charge on any atom is 0.123 e. The summed E-state index contributed by atoms with van der Waals surface area (Å²) in [6, 6.07) is 0. The van der Waals surface area contributed by atoms with Crippen LogP contribution in [0, 0.1) is 23.7 Å². The third-order valence-corrected chi connectivity index (χ3v) is 4.92. The molecule has 4 atom stereocenters. The third-order valence-electron chi connectivity index (χ3n) is 4.92. The Morgan fingerprint density at radius 3 is 2.78 bits per heavy atom. The number of hydrogen-bond acceptors (Lipinski definition) is 1. The van der Waals surface area contributed by atoms with Gasteiger partial charge in [0.1, 0.15) is 6.29 Å². The Hall–Kier alpha value is -0.590. The Morgan fingerprint density at radius 1 is 1.44 bits per heavy atom. The zero-order valence-electron chi connectivity index (χ0n) is 12.6. The van der Waals surface area contributed by atoms with Crippen LogP contribution in [0.1, 0.15) is 66.2 Å². The average Bonchev–Trinajstić information content (AvgIpc) is 2.37. The van der Waals surface area contributed by atoms with Crippen molar-refractivity contribution in [1.82, 2.24) is 0 Å². The number of aldehydes is 1. The predicted molar refractivity (Wildman–Crippen MR) is 78.5 cm³/mol. The molecule has 1 aliphatic carbocycles. The molecule has 0 aromatic rings. The highest BCUT2D eigenvalue weighted by molar-refractivity contribution is 5.53. The average molecular weight is 250 g/mol. The number of hydrogen-bond donors (Lipinski definition) is 0. The van der Waals surface area contributed by atoms with Crippen LogP contribution in [0.15, 0.2) is 11.6 Å². The molecule has 1 nitrogen and oxygen atoms in total. The fraction of sp³-hybridized carbons (Fsp3) is 0.824. The molecule has 0 heterocycles. The Labute approximate surface area is 113 Å². The van der Waals surface area contributed by atoms with Crippen LogP contribution in [0.3, 0.4) is 0 Å². The number of carbonyl (C=O) groups excluding carboxylic acids is 1. The second-order valence-electron chi connectivity index (χ2n) is 6.30. The van der Waals surface area contributed by atoms with Gasteiger partial charge in [-0.05, 0) is 56.8 Å². The summed E-state index contributed by atoms with van der Waals surface area (Å²) in [5.41, 5.74) is 1.51. The molecule has 104 valence electrons. The summed E-state index contributed by atoms with van der Waals surface area (Å²) in [6.45, 7) is 9.03. The van der Waals surface area contributed by atoms with Gasteiger partial charge in [-0.25, -0.2) is 0 Å². The predicted octanol–water partition coefficient (Wildman–Crippen LogP) is 5.01. The largest absolute Gasteiger partial charge is 0.303 e. The van der Waals surface area contributed by atoms with Crippen molar-refractivity contribution in [3.8, 4) is 0 Å². The molecule has 1 rings (SSSR count). The number of rotatable bonds is 3. The summed E-state index contributed by atoms with van der Waals surface area (Å²) in [5.74, 6) is 2.39. The van der Waals surface area contributed by atoms with Crippen molar-refractivity contribution in [3.63, 3.8) is 0 Å². The lowest BCUT2D eigenvalue weighted by Crippen LogP contribution is -2.21. The molecule has 0 amide bonds. The van der Waals surface area contributed by atoms with Crippen LogP contribution in [0.2, 0.25) is 0 Å². The Kier molecular flexibility index (Phi) is 6.67. The van der Waals surface area contributed by atoms with Crippen LogP contribution in [0.5, 0.6) is 0 Å². The smallest absolute Gasteiger partial charge is 0.123 e. The summed E-state index contributed by atoms with van der Waals surface area (Å²) in [6.07, 6.45) is 11.0. The van der Waals surface area contributed by atoms with Crippen LogP contribution in [0.25, 0.3) is 0 Å². The van der Waals surface area contributed by atoms with E-state index in [0.29, 0.717) is 5.92 Å². The quantitative estimate of drug-likeness (QED) is 0.508. The molecule has 0 N–H and O–H groups in total. The summed E-state index contributed by atoms with van der Waals surface area (Å²) in [4.78, 5) is 11.1. The lowest BCUT2D eigenvalue weighted by atomic mass is 9.75. The maximum absolute atomic E-state index is 11.1. The Balaban J connectivity index is 2.79. The molecule has 0 bridgehead atoms. The highest BCUT2D eigenvalue weighted by Crippen LogP contribution is 2.34. The molecule has 3 unspecified atom stereocenters. The monoisotopic (exact) mass is 250 g/mol. The zero-order valence-corrected chi connectivity index (χ0v) is 12.6. The Morgan fingerprint density at radius 2 is 2.17 bits per heavy atom. The molecule has 18 heavy (non-hydrogen) atoms. The first-order chi connectivity index (χ1) is 8.58. The van der Waals surface area contributed by atoms with Crippen LogP contribution >= 0.6 is 0 Å². The van der Waals surface area contributed by atoms with Crippen LogP contribution in [-0.2, 0) is 4.79 Å². The summed E-state index contributed by atoms with van der Waals surface area (Å²) in [7, 11) is 0. The lowest BCUT2D eigenvalue weighted by molar-refractivity contribution is -0.112. The zero-order chi connectivity index (χ0) is 13.5. The van der Waals surface area contributed by atoms with E-state index in [2.05, 4.69) is 33.8 Å². The van der Waals surface area contributed by atoms with Gasteiger partial charge >= 0.3 is 0 Å². The molecular formula is C17H30O. The highest BCUT2D eigenvalue weighted by atomic mass is 16.1. The Bertz CT molecular complexity index is 279. The van der Waals surface area contributed by atoms with Crippen LogP contribution in [0.4, 0.5) is 0 Å². The lowest BCUT2D eigenvalue weighted by Gasteiger charge is -2.30. The first-order valence-electron chi connectivity index (χ1n) is 7.69. The van der Waals surface area contributed by atoms with Gasteiger partial charge in [0, 0.05) is 5.92 Å². The van der Waals surface area contributed by atoms with Crippen molar-refractivity contribution in [2.45, 2.75) is 66.2 Å². The van der Waals surface area contributed by atoms with E-state index in [1.165, 1.54) is 44.1 Å². The SMILES string of the molecule is CCC1CC([C@H](C)C=O)CC/C(C)=C/CCC1C. The van der Waals surface area contributed by atoms with E-state index in [1.54, 1.807) is 0 Å². The van der Waals surface area contributed by atoms with E-state index in [9.17, 15) is 4.79 Å². The van der Waals surface area contributed by atoms with Crippen molar-refractivity contribution in [2.24, 2.45) is 23.7 Å². The van der Waals surface area contributed by atoms with Gasteiger partial charge < -0.3 is 4.79 Å². The van der Waals surface area contributed by atoms with Crippen LogP contribution in [-0.4, -0.2) is 6.29 Å². The summed E-state index contributed by atoms with van der Waals surface area (Å²) < 4.78 is 0. The molecule has 0 aromatic heterocycles. The fourth-order valence-corrected chi connectivity index (χ4v) is 3.24. The molecule has 0 saturated carbocycles. The second-order valence-corrected chi connectivity index (χ2v) is 6.30. The second kappa shape index (κ2) is 7.76. The van der Waals surface area contributed by atoms with E-state index in [-0.39, 0.29) is 5.92 Å². The van der Waals surface area contributed by atoms with Gasteiger partial charge in [-0.2, -0.15) is 0 Å². The van der Waals surface area contributed by atoms with Crippen LogP contribution < -0.4 is 0 Å². The third kappa shape index (κ3) is 4.59. The van der Waals surface area contributed by atoms with Crippen molar-refractivity contribution in [3.05, 3.63) is 11.6 Å². The minimum atomic E-state index is 0.221. The molecule has 1 heteroatoms. The molecule has 0 fully saturated rings. The van der Waals surface area contributed by atoms with Gasteiger partial charge in [0.2, 0.25) is 0 Å². The molecular weight excluding hydrogens is 220 g/mol. The number of allylic oxidation sites excluding steroid dienone is 2. The maximum atomic E-state index is 11.1. The van der Waals surface area contributed by atoms with E-state index >= 15 is 0 Å². The summed E-state index contributed by atoms with van der Waals surface area (Å²) in [5, 5.41) is 0. The van der Waals surface area contributed by atoms with E-state index in [4.69, 9.17) is 0 Å². The topological polar surface area (TPSA) is 17.1 Å². The van der Waals surface area contributed by atoms with Gasteiger partial charge in [-0.3, -0.25) is 0 Å². The van der Waals surface area contributed by atoms with E-state index in [1.807, 2.05) is 0 Å². The van der Waals surface area contributed by atoms with Gasteiger partial charge in [-0.1, -0.05) is 38.8 Å². The standard InChI is InChI=1S/C17H30O/c1-5-16-11-17(15(4)12-18)10-9-13(2)7-6-8-14(16)3/h7,12,14-17H,5-6,8-11H2,1-4H3/b13-7+/t14?,15-,16?,17?/m1/s1. The first-order valence-corrected chi connectivity index (χ1v) is 7.69. The summed E-state index contributed by atoms with van der Waals surface area (Å²) >= 11 is 0. The minimum absolute atomic E-state index is 0.221. The van der Waals surface area contributed by atoms with Crippen molar-refractivity contribution < 1.29 is 4.79 Å². The molecule has 0 aromatic carbocycles. The van der Waals surface area contributed by atoms with E-state index < -0.39 is 0 Å². The highest BCUT2D eigenvalue weighted by Gasteiger charge is 2.24. The van der Waals surface area contributed by atoms with Crippen molar-refractivity contribution in [1.29, 1.82) is 0 Å².